The molecule has 2 aromatic rings. The van der Waals surface area contributed by atoms with E-state index in [1.165, 1.54) is 0 Å². The predicted molar refractivity (Wildman–Crippen MR) is 67.3 cm³/mol. The third-order valence-corrected chi connectivity index (χ3v) is 3.01. The van der Waals surface area contributed by atoms with Crippen molar-refractivity contribution in [3.8, 4) is 0 Å². The number of rotatable bonds is 4. The van der Waals surface area contributed by atoms with Crippen LogP contribution >= 0.6 is 0 Å². The largest absolute Gasteiger partial charge is 0.330 e. The van der Waals surface area contributed by atoms with Gasteiger partial charge in [-0.2, -0.15) is 5.10 Å². The normalized spacial score (nSPS) is 11.9. The van der Waals surface area contributed by atoms with Gasteiger partial charge in [-0.25, -0.2) is 8.42 Å². The number of fused-ring (bicyclic) bond motifs is 1. The number of anilines is 1. The predicted octanol–water partition coefficient (Wildman–Crippen LogP) is 0.436. The number of H-pyrrole nitrogens is 1. The molecule has 0 aliphatic carbocycles. The summed E-state index contributed by atoms with van der Waals surface area (Å²) in [6.07, 6.45) is 3.52. The van der Waals surface area contributed by atoms with Gasteiger partial charge in [0.15, 0.2) is 0 Å². The maximum Gasteiger partial charge on any atom is 0.229 e. The van der Waals surface area contributed by atoms with Crippen LogP contribution in [-0.2, 0) is 16.4 Å². The van der Waals surface area contributed by atoms with Crippen LogP contribution in [0.3, 0.4) is 0 Å². The van der Waals surface area contributed by atoms with Gasteiger partial charge in [0.2, 0.25) is 10.0 Å². The lowest BCUT2D eigenvalue weighted by Crippen LogP contribution is -2.10. The molecule has 0 aliphatic heterocycles. The minimum Gasteiger partial charge on any atom is -0.330 e. The summed E-state index contributed by atoms with van der Waals surface area (Å²) in [4.78, 5) is 0. The second-order valence-electron chi connectivity index (χ2n) is 3.84. The maximum atomic E-state index is 11.2. The number of hydrogen-bond donors (Lipinski definition) is 3. The molecule has 6 nitrogen and oxygen atoms in total. The van der Waals surface area contributed by atoms with Crippen molar-refractivity contribution in [2.24, 2.45) is 5.73 Å². The number of nitrogens with one attached hydrogen (secondary N) is 2. The van der Waals surface area contributed by atoms with E-state index >= 15 is 0 Å². The molecule has 0 spiro atoms. The molecule has 0 atom stereocenters. The van der Waals surface area contributed by atoms with Crippen LogP contribution in [0, 0.1) is 0 Å². The quantitative estimate of drug-likeness (QED) is 0.736. The molecule has 0 saturated carbocycles. The molecular weight excluding hydrogens is 240 g/mol. The van der Waals surface area contributed by atoms with Gasteiger partial charge in [-0.15, -0.1) is 0 Å². The molecule has 1 heterocycles. The molecule has 0 aliphatic rings. The highest BCUT2D eigenvalue weighted by molar-refractivity contribution is 7.92. The minimum atomic E-state index is -3.29. The summed E-state index contributed by atoms with van der Waals surface area (Å²) in [7, 11) is -3.29. The highest BCUT2D eigenvalue weighted by Crippen LogP contribution is 2.25. The topological polar surface area (TPSA) is 101 Å². The van der Waals surface area contributed by atoms with Crippen LogP contribution in [0.4, 0.5) is 5.69 Å². The molecule has 1 aromatic heterocycles. The Morgan fingerprint density at radius 2 is 2.24 bits per heavy atom. The number of benzene rings is 1. The van der Waals surface area contributed by atoms with E-state index in [9.17, 15) is 8.42 Å². The van der Waals surface area contributed by atoms with Gasteiger partial charge < -0.3 is 5.73 Å². The molecular formula is C10H14N4O2S. The number of aromatic nitrogens is 2. The Bertz CT molecular complexity index is 633. The van der Waals surface area contributed by atoms with E-state index in [1.54, 1.807) is 12.3 Å². The fraction of sp³-hybridized carbons (Fsp3) is 0.300. The number of nitrogens with zero attached hydrogens (tertiary/aromatic N) is 1. The average Bonchev–Trinajstić information content (AvgIpc) is 2.69. The average molecular weight is 254 g/mol. The summed E-state index contributed by atoms with van der Waals surface area (Å²) in [5.74, 6) is 0. The molecule has 0 amide bonds. The minimum absolute atomic E-state index is 0.501. The first-order valence-corrected chi connectivity index (χ1v) is 7.03. The van der Waals surface area contributed by atoms with Crippen LogP contribution < -0.4 is 10.5 Å². The Kier molecular flexibility index (Phi) is 3.03. The smallest absolute Gasteiger partial charge is 0.229 e. The van der Waals surface area contributed by atoms with Crippen molar-refractivity contribution < 1.29 is 8.42 Å². The Morgan fingerprint density at radius 3 is 2.88 bits per heavy atom. The van der Waals surface area contributed by atoms with Crippen molar-refractivity contribution in [3.63, 3.8) is 0 Å². The standard InChI is InChI=1S/C10H14N4O2S/c1-17(15,16)14-9-3-2-7(4-5-11)8-6-12-13-10(8)9/h2-3,6,14H,4-5,11H2,1H3,(H,12,13). The van der Waals surface area contributed by atoms with Crippen LogP contribution in [0.15, 0.2) is 18.3 Å². The zero-order valence-electron chi connectivity index (χ0n) is 9.40. The molecule has 4 N–H and O–H groups in total. The van der Waals surface area contributed by atoms with Gasteiger partial charge in [-0.05, 0) is 24.6 Å². The third-order valence-electron chi connectivity index (χ3n) is 2.41. The van der Waals surface area contributed by atoms with Gasteiger partial charge in [-0.3, -0.25) is 9.82 Å². The fourth-order valence-corrected chi connectivity index (χ4v) is 2.32. The molecule has 1 aromatic carbocycles. The van der Waals surface area contributed by atoms with Crippen LogP contribution in [-0.4, -0.2) is 31.4 Å². The first-order valence-electron chi connectivity index (χ1n) is 5.14. The SMILES string of the molecule is CS(=O)(=O)Nc1ccc(CCN)c2cn[nH]c12. The van der Waals surface area contributed by atoms with Gasteiger partial charge in [0.05, 0.1) is 23.7 Å². The number of nitrogens with two attached hydrogens (primary N) is 1. The van der Waals surface area contributed by atoms with Crippen molar-refractivity contribution in [1.29, 1.82) is 0 Å². The van der Waals surface area contributed by atoms with Crippen LogP contribution in [0.1, 0.15) is 5.56 Å². The number of aromatic amines is 1. The van der Waals surface area contributed by atoms with Gasteiger partial charge in [0.25, 0.3) is 0 Å². The van der Waals surface area contributed by atoms with E-state index in [0.717, 1.165) is 23.6 Å². The Labute approximate surface area is 99.3 Å². The second kappa shape index (κ2) is 4.34. The van der Waals surface area contributed by atoms with Crippen molar-refractivity contribution in [2.45, 2.75) is 6.42 Å². The monoisotopic (exact) mass is 254 g/mol. The summed E-state index contributed by atoms with van der Waals surface area (Å²) in [5, 5.41) is 7.62. The Hall–Kier alpha value is -1.60. The van der Waals surface area contributed by atoms with E-state index in [4.69, 9.17) is 5.73 Å². The zero-order chi connectivity index (χ0) is 12.5. The summed E-state index contributed by atoms with van der Waals surface area (Å²) in [6.45, 7) is 0.541. The first kappa shape index (κ1) is 11.9. The molecule has 92 valence electrons. The van der Waals surface area contributed by atoms with Crippen LogP contribution in [0.25, 0.3) is 10.9 Å². The van der Waals surface area contributed by atoms with E-state index < -0.39 is 10.0 Å². The zero-order valence-corrected chi connectivity index (χ0v) is 10.2. The molecule has 17 heavy (non-hydrogen) atoms. The molecule has 0 saturated heterocycles. The molecule has 0 bridgehead atoms. The van der Waals surface area contributed by atoms with Gasteiger partial charge in [0.1, 0.15) is 0 Å². The van der Waals surface area contributed by atoms with Gasteiger partial charge >= 0.3 is 0 Å². The van der Waals surface area contributed by atoms with Gasteiger partial charge in [0, 0.05) is 5.39 Å². The van der Waals surface area contributed by atoms with E-state index in [0.29, 0.717) is 17.7 Å². The lowest BCUT2D eigenvalue weighted by Gasteiger charge is -2.07. The summed E-state index contributed by atoms with van der Waals surface area (Å²) in [6, 6.07) is 3.57. The van der Waals surface area contributed by atoms with E-state index in [2.05, 4.69) is 14.9 Å². The molecule has 2 rings (SSSR count). The lowest BCUT2D eigenvalue weighted by molar-refractivity contribution is 0.607. The maximum absolute atomic E-state index is 11.2. The van der Waals surface area contributed by atoms with Crippen LogP contribution in [0.2, 0.25) is 0 Å². The first-order chi connectivity index (χ1) is 8.01. The highest BCUT2D eigenvalue weighted by atomic mass is 32.2. The van der Waals surface area contributed by atoms with E-state index in [-0.39, 0.29) is 0 Å². The van der Waals surface area contributed by atoms with Crippen molar-refractivity contribution in [1.82, 2.24) is 10.2 Å². The van der Waals surface area contributed by atoms with Crippen molar-refractivity contribution >= 4 is 26.6 Å². The lowest BCUT2D eigenvalue weighted by atomic mass is 10.1. The summed E-state index contributed by atoms with van der Waals surface area (Å²) >= 11 is 0. The fourth-order valence-electron chi connectivity index (χ4n) is 1.75. The Morgan fingerprint density at radius 1 is 1.47 bits per heavy atom. The highest BCUT2D eigenvalue weighted by Gasteiger charge is 2.10. The molecule has 7 heteroatoms. The molecule has 0 unspecified atom stereocenters. The molecule has 0 fully saturated rings. The van der Waals surface area contributed by atoms with Crippen molar-refractivity contribution in [2.75, 3.05) is 17.5 Å². The van der Waals surface area contributed by atoms with Crippen molar-refractivity contribution in [3.05, 3.63) is 23.9 Å². The Balaban J connectivity index is 2.53. The number of sulfonamides is 1. The number of hydrogen-bond acceptors (Lipinski definition) is 4. The van der Waals surface area contributed by atoms with Gasteiger partial charge in [-0.1, -0.05) is 6.07 Å². The summed E-state index contributed by atoms with van der Waals surface area (Å²) < 4.78 is 24.9. The second-order valence-corrected chi connectivity index (χ2v) is 5.59. The summed E-state index contributed by atoms with van der Waals surface area (Å²) in [5.41, 5.74) is 7.75. The van der Waals surface area contributed by atoms with Crippen LogP contribution in [0.5, 0.6) is 0 Å². The molecule has 0 radical (unpaired) electrons. The van der Waals surface area contributed by atoms with E-state index in [1.807, 2.05) is 6.07 Å². The third kappa shape index (κ3) is 2.56.